The number of nitrogens with one attached hydrogen (secondary N) is 2. The lowest BCUT2D eigenvalue weighted by Crippen LogP contribution is -2.22. The number of aromatic nitrogens is 2. The van der Waals surface area contributed by atoms with Crippen molar-refractivity contribution in [3.63, 3.8) is 0 Å². The van der Waals surface area contributed by atoms with Gasteiger partial charge in [0.2, 0.25) is 0 Å². The number of rotatable bonds is 2. The third-order valence-corrected chi connectivity index (χ3v) is 2.95. The number of alkyl halides is 3. The molecule has 0 radical (unpaired) electrons. The maximum Gasteiger partial charge on any atom is 0.418 e. The van der Waals surface area contributed by atoms with Crippen LogP contribution < -0.4 is 11.0 Å². The number of fused-ring (bicyclic) bond motifs is 1. The number of halogens is 3. The second kappa shape index (κ2) is 4.65. The van der Waals surface area contributed by atoms with Gasteiger partial charge in [0.1, 0.15) is 0 Å². The van der Waals surface area contributed by atoms with E-state index in [-0.39, 0.29) is 16.9 Å². The third-order valence-electron chi connectivity index (χ3n) is 2.95. The SMILES string of the molecule is CNC(C)c1[nH]c(=O)nc2c(C(F)(F)F)cccc12. The molecule has 102 valence electrons. The Hall–Kier alpha value is -1.89. The molecule has 7 heteroatoms. The van der Waals surface area contributed by atoms with Gasteiger partial charge in [-0.3, -0.25) is 0 Å². The minimum absolute atomic E-state index is 0.288. The summed E-state index contributed by atoms with van der Waals surface area (Å²) in [5.74, 6) is 0. The van der Waals surface area contributed by atoms with Crippen molar-refractivity contribution < 1.29 is 13.2 Å². The van der Waals surface area contributed by atoms with E-state index in [9.17, 15) is 18.0 Å². The van der Waals surface area contributed by atoms with Gasteiger partial charge >= 0.3 is 11.9 Å². The summed E-state index contributed by atoms with van der Waals surface area (Å²) in [6.45, 7) is 1.74. The van der Waals surface area contributed by atoms with E-state index in [0.29, 0.717) is 5.69 Å². The van der Waals surface area contributed by atoms with E-state index in [1.54, 1.807) is 14.0 Å². The fourth-order valence-electron chi connectivity index (χ4n) is 1.91. The summed E-state index contributed by atoms with van der Waals surface area (Å²) in [4.78, 5) is 17.4. The zero-order valence-electron chi connectivity index (χ0n) is 10.3. The van der Waals surface area contributed by atoms with E-state index in [1.165, 1.54) is 12.1 Å². The van der Waals surface area contributed by atoms with Crippen LogP contribution in [-0.4, -0.2) is 17.0 Å². The molecule has 19 heavy (non-hydrogen) atoms. The lowest BCUT2D eigenvalue weighted by molar-refractivity contribution is -0.136. The Balaban J connectivity index is 2.85. The number of hydrogen-bond donors (Lipinski definition) is 2. The zero-order chi connectivity index (χ0) is 14.2. The first kappa shape index (κ1) is 13.5. The van der Waals surface area contributed by atoms with E-state index in [4.69, 9.17) is 0 Å². The molecular weight excluding hydrogens is 259 g/mol. The van der Waals surface area contributed by atoms with Crippen LogP contribution in [0.1, 0.15) is 24.2 Å². The number of nitrogens with zero attached hydrogens (tertiary/aromatic N) is 1. The van der Waals surface area contributed by atoms with Crippen LogP contribution in [0.5, 0.6) is 0 Å². The highest BCUT2D eigenvalue weighted by Crippen LogP contribution is 2.34. The maximum atomic E-state index is 12.9. The second-order valence-electron chi connectivity index (χ2n) is 4.17. The lowest BCUT2D eigenvalue weighted by Gasteiger charge is -2.15. The van der Waals surface area contributed by atoms with Gasteiger partial charge in [0.05, 0.1) is 11.1 Å². The smallest absolute Gasteiger partial charge is 0.312 e. The molecule has 0 aliphatic heterocycles. The Labute approximate surface area is 106 Å². The molecule has 2 rings (SSSR count). The molecule has 0 aliphatic carbocycles. The Bertz CT molecular complexity index is 663. The van der Waals surface area contributed by atoms with Crippen molar-refractivity contribution in [2.24, 2.45) is 0 Å². The predicted molar refractivity (Wildman–Crippen MR) is 64.8 cm³/mol. The van der Waals surface area contributed by atoms with Crippen molar-refractivity contribution in [2.75, 3.05) is 7.05 Å². The van der Waals surface area contributed by atoms with E-state index in [2.05, 4.69) is 15.3 Å². The molecule has 0 spiro atoms. The van der Waals surface area contributed by atoms with Gasteiger partial charge in [-0.2, -0.15) is 18.2 Å². The Morgan fingerprint density at radius 3 is 2.63 bits per heavy atom. The first-order valence-corrected chi connectivity index (χ1v) is 5.62. The van der Waals surface area contributed by atoms with Crippen molar-refractivity contribution in [3.8, 4) is 0 Å². The van der Waals surface area contributed by atoms with Gasteiger partial charge in [-0.15, -0.1) is 0 Å². The normalized spacial score (nSPS) is 13.7. The summed E-state index contributed by atoms with van der Waals surface area (Å²) in [5, 5.41) is 3.17. The van der Waals surface area contributed by atoms with Gasteiger partial charge < -0.3 is 10.3 Å². The summed E-state index contributed by atoms with van der Waals surface area (Å²) in [6.07, 6.45) is -4.54. The first-order chi connectivity index (χ1) is 8.84. The molecule has 1 aromatic carbocycles. The number of para-hydroxylation sites is 1. The summed E-state index contributed by atoms with van der Waals surface area (Å²) in [7, 11) is 1.66. The molecule has 0 fully saturated rings. The van der Waals surface area contributed by atoms with Crippen LogP contribution in [0.25, 0.3) is 10.9 Å². The number of aromatic amines is 1. The second-order valence-corrected chi connectivity index (χ2v) is 4.17. The van der Waals surface area contributed by atoms with E-state index in [0.717, 1.165) is 6.07 Å². The molecule has 1 aromatic heterocycles. The fourth-order valence-corrected chi connectivity index (χ4v) is 1.91. The molecule has 0 saturated carbocycles. The maximum absolute atomic E-state index is 12.9. The van der Waals surface area contributed by atoms with Gasteiger partial charge in [-0.25, -0.2) is 4.79 Å². The standard InChI is InChI=1S/C12H12F3N3O/c1-6(16-2)9-7-4-3-5-8(12(13,14)15)10(7)18-11(19)17-9/h3-6,16H,1-2H3,(H,17,18,19). The molecule has 2 aromatic rings. The van der Waals surface area contributed by atoms with Crippen molar-refractivity contribution in [2.45, 2.75) is 19.1 Å². The average Bonchev–Trinajstić information content (AvgIpc) is 2.34. The summed E-state index contributed by atoms with van der Waals surface area (Å²) in [5.41, 5.74) is -1.62. The monoisotopic (exact) mass is 271 g/mol. The highest BCUT2D eigenvalue weighted by Gasteiger charge is 2.33. The molecule has 4 nitrogen and oxygen atoms in total. The van der Waals surface area contributed by atoms with Crippen LogP contribution in [0.3, 0.4) is 0 Å². The minimum Gasteiger partial charge on any atom is -0.312 e. The van der Waals surface area contributed by atoms with Crippen molar-refractivity contribution in [3.05, 3.63) is 39.9 Å². The number of hydrogen-bond acceptors (Lipinski definition) is 3. The Morgan fingerprint density at radius 2 is 2.05 bits per heavy atom. The summed E-state index contributed by atoms with van der Waals surface area (Å²) < 4.78 is 38.7. The lowest BCUT2D eigenvalue weighted by atomic mass is 10.1. The van der Waals surface area contributed by atoms with Crippen molar-refractivity contribution in [1.82, 2.24) is 15.3 Å². The van der Waals surface area contributed by atoms with Crippen LogP contribution in [0.4, 0.5) is 13.2 Å². The Morgan fingerprint density at radius 1 is 1.37 bits per heavy atom. The molecule has 0 amide bonds. The van der Waals surface area contributed by atoms with Gasteiger partial charge in [-0.05, 0) is 20.0 Å². The minimum atomic E-state index is -4.54. The van der Waals surface area contributed by atoms with Gasteiger partial charge in [0.25, 0.3) is 0 Å². The van der Waals surface area contributed by atoms with Crippen LogP contribution in [0.15, 0.2) is 23.0 Å². The average molecular weight is 271 g/mol. The molecule has 0 saturated heterocycles. The first-order valence-electron chi connectivity index (χ1n) is 5.62. The van der Waals surface area contributed by atoms with Gasteiger partial charge in [-0.1, -0.05) is 12.1 Å². The zero-order valence-corrected chi connectivity index (χ0v) is 10.3. The fraction of sp³-hybridized carbons (Fsp3) is 0.333. The molecule has 2 N–H and O–H groups in total. The number of H-pyrrole nitrogens is 1. The molecule has 1 atom stereocenters. The highest BCUT2D eigenvalue weighted by molar-refractivity contribution is 5.84. The van der Waals surface area contributed by atoms with Crippen molar-refractivity contribution in [1.29, 1.82) is 0 Å². The molecule has 1 unspecified atom stereocenters. The van der Waals surface area contributed by atoms with Crippen LogP contribution >= 0.6 is 0 Å². The molecule has 0 aliphatic rings. The number of benzene rings is 1. The van der Waals surface area contributed by atoms with Gasteiger partial charge in [0, 0.05) is 17.1 Å². The topological polar surface area (TPSA) is 57.8 Å². The predicted octanol–water partition coefficient (Wildman–Crippen LogP) is 2.22. The molecule has 1 heterocycles. The molecule has 0 bridgehead atoms. The summed E-state index contributed by atoms with van der Waals surface area (Å²) in [6, 6.07) is 3.44. The van der Waals surface area contributed by atoms with Gasteiger partial charge in [0.15, 0.2) is 0 Å². The van der Waals surface area contributed by atoms with Crippen LogP contribution in [0.2, 0.25) is 0 Å². The molecular formula is C12H12F3N3O. The highest BCUT2D eigenvalue weighted by atomic mass is 19.4. The largest absolute Gasteiger partial charge is 0.418 e. The van der Waals surface area contributed by atoms with Crippen LogP contribution in [-0.2, 0) is 6.18 Å². The van der Waals surface area contributed by atoms with Crippen molar-refractivity contribution >= 4 is 10.9 Å². The van der Waals surface area contributed by atoms with E-state index >= 15 is 0 Å². The van der Waals surface area contributed by atoms with E-state index in [1.807, 2.05) is 0 Å². The van der Waals surface area contributed by atoms with Crippen LogP contribution in [0, 0.1) is 0 Å². The summed E-state index contributed by atoms with van der Waals surface area (Å²) >= 11 is 0. The quantitative estimate of drug-likeness (QED) is 0.880. The Kier molecular flexibility index (Phi) is 3.32. The third kappa shape index (κ3) is 2.46. The van der Waals surface area contributed by atoms with E-state index < -0.39 is 17.4 Å².